The molecule has 0 rings (SSSR count). The van der Waals surface area contributed by atoms with E-state index < -0.39 is 0 Å². The van der Waals surface area contributed by atoms with Gasteiger partial charge in [-0.15, -0.1) is 0 Å². The highest BCUT2D eigenvalue weighted by Gasteiger charge is 1.79. The highest BCUT2D eigenvalue weighted by Crippen LogP contribution is 1.72. The molecule has 1 nitrogen and oxygen atoms in total. The summed E-state index contributed by atoms with van der Waals surface area (Å²) in [5, 5.41) is 4.10. The lowest BCUT2D eigenvalue weighted by Crippen LogP contribution is -2.06. The van der Waals surface area contributed by atoms with E-state index in [1.54, 1.807) is 0 Å². The maximum Gasteiger partial charge on any atom is 0.0162 e. The zero-order valence-electron chi connectivity index (χ0n) is 5.02. The van der Waals surface area contributed by atoms with Gasteiger partial charge < -0.3 is 0 Å². The summed E-state index contributed by atoms with van der Waals surface area (Å²) in [6.07, 6.45) is 4.09. The quantitative estimate of drug-likeness (QED) is 0.466. The zero-order chi connectivity index (χ0) is 5.54. The lowest BCUT2D eigenvalue weighted by molar-refractivity contribution is 0.766. The van der Waals surface area contributed by atoms with Gasteiger partial charge in [0, 0.05) is 13.1 Å². The SMILES string of the molecule is C[CH]C[N]C[CH]C. The summed E-state index contributed by atoms with van der Waals surface area (Å²) in [6, 6.07) is 0. The van der Waals surface area contributed by atoms with Gasteiger partial charge in [0.05, 0.1) is 0 Å². The summed E-state index contributed by atoms with van der Waals surface area (Å²) in [4.78, 5) is 0. The van der Waals surface area contributed by atoms with E-state index in [9.17, 15) is 0 Å². The molecule has 3 radical (unpaired) electrons. The molecule has 0 aromatic heterocycles. The predicted octanol–water partition coefficient (Wildman–Crippen LogP) is 1.04. The van der Waals surface area contributed by atoms with E-state index in [2.05, 4.69) is 5.32 Å². The second kappa shape index (κ2) is 5.96. The summed E-state index contributed by atoms with van der Waals surface area (Å²) >= 11 is 0. The minimum atomic E-state index is 0.893. The minimum absolute atomic E-state index is 0.893. The first-order valence-corrected chi connectivity index (χ1v) is 2.60. The van der Waals surface area contributed by atoms with Crippen molar-refractivity contribution in [1.82, 2.24) is 5.32 Å². The maximum absolute atomic E-state index is 4.10. The molecule has 0 aliphatic heterocycles. The van der Waals surface area contributed by atoms with Crippen molar-refractivity contribution in [2.24, 2.45) is 0 Å². The monoisotopic (exact) mass is 98.1 g/mol. The van der Waals surface area contributed by atoms with Crippen molar-refractivity contribution in [3.05, 3.63) is 12.8 Å². The Morgan fingerprint density at radius 3 is 1.86 bits per heavy atom. The molecule has 41 valence electrons. The largest absolute Gasteiger partial charge is 0.241 e. The second-order valence-electron chi connectivity index (χ2n) is 1.41. The van der Waals surface area contributed by atoms with Crippen LogP contribution in [-0.4, -0.2) is 13.1 Å². The molecule has 0 aromatic carbocycles. The molecule has 0 saturated heterocycles. The van der Waals surface area contributed by atoms with E-state index in [0.29, 0.717) is 0 Å². The van der Waals surface area contributed by atoms with Crippen LogP contribution in [0.2, 0.25) is 0 Å². The smallest absolute Gasteiger partial charge is 0.0162 e. The molecule has 0 spiro atoms. The van der Waals surface area contributed by atoms with Crippen LogP contribution >= 0.6 is 0 Å². The van der Waals surface area contributed by atoms with Crippen LogP contribution in [0.1, 0.15) is 13.8 Å². The lowest BCUT2D eigenvalue weighted by Gasteiger charge is -1.92. The summed E-state index contributed by atoms with van der Waals surface area (Å²) in [6.45, 7) is 5.81. The predicted molar refractivity (Wildman–Crippen MR) is 31.8 cm³/mol. The van der Waals surface area contributed by atoms with Gasteiger partial charge in [0.15, 0.2) is 0 Å². The number of nitrogens with zero attached hydrogens (tertiary/aromatic N) is 1. The summed E-state index contributed by atoms with van der Waals surface area (Å²) in [7, 11) is 0. The molecule has 0 unspecified atom stereocenters. The highest BCUT2D eigenvalue weighted by atomic mass is 14.8. The Kier molecular flexibility index (Phi) is 5.93. The first-order chi connectivity index (χ1) is 3.41. The molecule has 0 fully saturated rings. The van der Waals surface area contributed by atoms with Crippen molar-refractivity contribution in [2.75, 3.05) is 13.1 Å². The standard InChI is InChI=1S/C6H12N/c1-3-5-7-6-4-2/h3-4H,5-6H2,1-2H3. The molecule has 1 heteroatoms. The Hall–Kier alpha value is -0.0400. The van der Waals surface area contributed by atoms with Crippen LogP contribution in [0.15, 0.2) is 0 Å². The van der Waals surface area contributed by atoms with E-state index in [0.717, 1.165) is 13.1 Å². The van der Waals surface area contributed by atoms with Crippen LogP contribution in [0.25, 0.3) is 0 Å². The second-order valence-corrected chi connectivity index (χ2v) is 1.41. The lowest BCUT2D eigenvalue weighted by atomic mass is 10.4. The Bertz CT molecular complexity index is 23.4. The number of rotatable bonds is 4. The first-order valence-electron chi connectivity index (χ1n) is 2.60. The van der Waals surface area contributed by atoms with Gasteiger partial charge in [-0.3, -0.25) is 0 Å². The summed E-state index contributed by atoms with van der Waals surface area (Å²) in [5.41, 5.74) is 0. The van der Waals surface area contributed by atoms with Crippen LogP contribution < -0.4 is 5.32 Å². The molecule has 0 aliphatic rings. The van der Waals surface area contributed by atoms with E-state index in [4.69, 9.17) is 0 Å². The van der Waals surface area contributed by atoms with Crippen molar-refractivity contribution in [3.8, 4) is 0 Å². The highest BCUT2D eigenvalue weighted by molar-refractivity contribution is 4.64. The molecule has 0 saturated carbocycles. The van der Waals surface area contributed by atoms with Crippen LogP contribution in [0, 0.1) is 12.8 Å². The van der Waals surface area contributed by atoms with Crippen molar-refractivity contribution >= 4 is 0 Å². The fourth-order valence-electron chi connectivity index (χ4n) is 0.333. The van der Waals surface area contributed by atoms with Gasteiger partial charge >= 0.3 is 0 Å². The third-order valence-electron chi connectivity index (χ3n) is 0.623. The number of hydrogen-bond donors (Lipinski definition) is 0. The normalized spacial score (nSPS) is 9.43. The van der Waals surface area contributed by atoms with Crippen LogP contribution in [0.3, 0.4) is 0 Å². The van der Waals surface area contributed by atoms with Crippen molar-refractivity contribution in [2.45, 2.75) is 13.8 Å². The molecule has 0 bridgehead atoms. The van der Waals surface area contributed by atoms with Crippen LogP contribution in [0.4, 0.5) is 0 Å². The average Bonchev–Trinajstić information content (AvgIpc) is 1.69. The Balaban J connectivity index is 2.45. The average molecular weight is 98.2 g/mol. The topological polar surface area (TPSA) is 14.1 Å². The van der Waals surface area contributed by atoms with Gasteiger partial charge in [-0.1, -0.05) is 13.8 Å². The summed E-state index contributed by atoms with van der Waals surface area (Å²) in [5.74, 6) is 0. The molecule has 0 heterocycles. The molecule has 0 aromatic rings. The molecule has 0 aliphatic carbocycles. The molecule has 0 amide bonds. The Labute approximate surface area is 46.1 Å². The maximum atomic E-state index is 4.10. The van der Waals surface area contributed by atoms with Gasteiger partial charge in [0.2, 0.25) is 0 Å². The zero-order valence-corrected chi connectivity index (χ0v) is 5.02. The third kappa shape index (κ3) is 5.96. The van der Waals surface area contributed by atoms with E-state index in [1.165, 1.54) is 0 Å². The first kappa shape index (κ1) is 6.96. The minimum Gasteiger partial charge on any atom is -0.241 e. The van der Waals surface area contributed by atoms with E-state index in [-0.39, 0.29) is 0 Å². The van der Waals surface area contributed by atoms with Crippen LogP contribution in [-0.2, 0) is 0 Å². The Morgan fingerprint density at radius 2 is 1.57 bits per heavy atom. The third-order valence-corrected chi connectivity index (χ3v) is 0.623. The van der Waals surface area contributed by atoms with Gasteiger partial charge in [-0.25, -0.2) is 5.32 Å². The van der Waals surface area contributed by atoms with Crippen molar-refractivity contribution < 1.29 is 0 Å². The number of hydrogen-bond acceptors (Lipinski definition) is 0. The van der Waals surface area contributed by atoms with Gasteiger partial charge in [0.1, 0.15) is 0 Å². The molecule has 7 heavy (non-hydrogen) atoms. The molecular weight excluding hydrogens is 86.1 g/mol. The fourth-order valence-corrected chi connectivity index (χ4v) is 0.333. The van der Waals surface area contributed by atoms with E-state index in [1.807, 2.05) is 26.7 Å². The van der Waals surface area contributed by atoms with E-state index >= 15 is 0 Å². The molecular formula is C6H12N. The van der Waals surface area contributed by atoms with Crippen molar-refractivity contribution in [1.29, 1.82) is 0 Å². The molecule has 0 atom stereocenters. The Morgan fingerprint density at radius 1 is 1.14 bits per heavy atom. The van der Waals surface area contributed by atoms with Gasteiger partial charge in [-0.05, 0) is 12.8 Å². The van der Waals surface area contributed by atoms with Gasteiger partial charge in [0.25, 0.3) is 0 Å². The molecule has 0 N–H and O–H groups in total. The fraction of sp³-hybridized carbons (Fsp3) is 0.667. The van der Waals surface area contributed by atoms with Gasteiger partial charge in [-0.2, -0.15) is 0 Å². The van der Waals surface area contributed by atoms with Crippen molar-refractivity contribution in [3.63, 3.8) is 0 Å². The van der Waals surface area contributed by atoms with Crippen LogP contribution in [0.5, 0.6) is 0 Å². The summed E-state index contributed by atoms with van der Waals surface area (Å²) < 4.78 is 0.